The maximum Gasteiger partial charge on any atom is 0.234 e. The maximum absolute atomic E-state index is 12.1. The summed E-state index contributed by atoms with van der Waals surface area (Å²) in [4.78, 5) is 16.1. The lowest BCUT2D eigenvalue weighted by molar-refractivity contribution is -0.113. The number of rotatable bonds is 6. The largest absolute Gasteiger partial charge is 0.325 e. The summed E-state index contributed by atoms with van der Waals surface area (Å²) in [6.07, 6.45) is 3.44. The number of anilines is 1. The first-order valence-corrected chi connectivity index (χ1v) is 9.05. The van der Waals surface area contributed by atoms with Crippen LogP contribution in [0.25, 0.3) is 11.4 Å². The number of halogens is 1. The van der Waals surface area contributed by atoms with E-state index >= 15 is 0 Å². The fourth-order valence-corrected chi connectivity index (χ4v) is 3.18. The van der Waals surface area contributed by atoms with Gasteiger partial charge in [0.15, 0.2) is 11.0 Å². The second-order valence-electron chi connectivity index (χ2n) is 5.13. The van der Waals surface area contributed by atoms with Crippen LogP contribution in [0.1, 0.15) is 6.92 Å². The number of carbonyl (C=O) groups excluding carboxylic acids is 1. The van der Waals surface area contributed by atoms with Crippen molar-refractivity contribution < 1.29 is 4.79 Å². The number of thioether (sulfide) groups is 1. The Kier molecular flexibility index (Phi) is 5.67. The van der Waals surface area contributed by atoms with Gasteiger partial charge in [-0.2, -0.15) is 0 Å². The Morgan fingerprint density at radius 1 is 1.16 bits per heavy atom. The molecule has 1 N–H and O–H groups in total. The minimum atomic E-state index is -0.108. The first-order chi connectivity index (χ1) is 12.2. The molecule has 0 saturated heterocycles. The number of carbonyl (C=O) groups is 1. The highest BCUT2D eigenvalue weighted by Crippen LogP contribution is 2.23. The summed E-state index contributed by atoms with van der Waals surface area (Å²) in [5, 5.41) is 12.6. The van der Waals surface area contributed by atoms with Gasteiger partial charge in [-0.3, -0.25) is 9.78 Å². The van der Waals surface area contributed by atoms with Gasteiger partial charge in [0.2, 0.25) is 5.91 Å². The van der Waals surface area contributed by atoms with Crippen LogP contribution >= 0.6 is 23.4 Å². The molecule has 1 amide bonds. The molecule has 6 nitrogen and oxygen atoms in total. The highest BCUT2D eigenvalue weighted by atomic mass is 35.5. The van der Waals surface area contributed by atoms with E-state index in [0.717, 1.165) is 11.4 Å². The van der Waals surface area contributed by atoms with E-state index < -0.39 is 0 Å². The molecule has 0 aliphatic heterocycles. The monoisotopic (exact) mass is 373 g/mol. The van der Waals surface area contributed by atoms with Crippen LogP contribution in [0.2, 0.25) is 5.02 Å². The topological polar surface area (TPSA) is 72.7 Å². The normalized spacial score (nSPS) is 10.6. The maximum atomic E-state index is 12.1. The fourth-order valence-electron chi connectivity index (χ4n) is 2.26. The van der Waals surface area contributed by atoms with E-state index in [1.165, 1.54) is 11.8 Å². The lowest BCUT2D eigenvalue weighted by Crippen LogP contribution is -2.14. The molecule has 128 valence electrons. The Bertz CT molecular complexity index is 851. The van der Waals surface area contributed by atoms with Crippen LogP contribution in [0, 0.1) is 0 Å². The van der Waals surface area contributed by atoms with Crippen molar-refractivity contribution in [2.75, 3.05) is 11.1 Å². The number of nitrogens with one attached hydrogen (secondary N) is 1. The van der Waals surface area contributed by atoms with Crippen LogP contribution in [0.3, 0.4) is 0 Å². The number of nitrogens with zero attached hydrogens (tertiary/aromatic N) is 4. The molecule has 3 aromatic rings. The first-order valence-electron chi connectivity index (χ1n) is 7.69. The van der Waals surface area contributed by atoms with Gasteiger partial charge in [0.1, 0.15) is 0 Å². The van der Waals surface area contributed by atoms with Crippen molar-refractivity contribution >= 4 is 35.0 Å². The Hall–Kier alpha value is -2.38. The predicted molar refractivity (Wildman–Crippen MR) is 99.7 cm³/mol. The summed E-state index contributed by atoms with van der Waals surface area (Å²) in [6.45, 7) is 2.73. The third kappa shape index (κ3) is 4.37. The van der Waals surface area contributed by atoms with Crippen molar-refractivity contribution in [2.45, 2.75) is 18.6 Å². The van der Waals surface area contributed by atoms with Crippen LogP contribution in [0.5, 0.6) is 0 Å². The highest BCUT2D eigenvalue weighted by Gasteiger charge is 2.14. The first kappa shape index (κ1) is 17.4. The third-order valence-electron chi connectivity index (χ3n) is 3.43. The molecule has 0 atom stereocenters. The average molecular weight is 374 g/mol. The van der Waals surface area contributed by atoms with Gasteiger partial charge >= 0.3 is 0 Å². The summed E-state index contributed by atoms with van der Waals surface area (Å²) < 4.78 is 1.98. The molecule has 0 bridgehead atoms. The van der Waals surface area contributed by atoms with Crippen molar-refractivity contribution in [1.82, 2.24) is 19.7 Å². The molecule has 1 aromatic carbocycles. The summed E-state index contributed by atoms with van der Waals surface area (Å²) in [6, 6.07) is 10.8. The molecule has 0 saturated carbocycles. The number of hydrogen-bond donors (Lipinski definition) is 1. The lowest BCUT2D eigenvalue weighted by atomic mass is 10.2. The van der Waals surface area contributed by atoms with Gasteiger partial charge < -0.3 is 9.88 Å². The molecule has 0 aliphatic rings. The van der Waals surface area contributed by atoms with Crippen LogP contribution in [0.15, 0.2) is 53.9 Å². The second-order valence-corrected chi connectivity index (χ2v) is 6.51. The standard InChI is InChI=1S/C17H16ClN5OS/c1-2-23-16(12-7-9-19-10-8-12)21-22-17(23)25-11-15(24)20-14-5-3-13(18)4-6-14/h3-10H,2,11H2,1H3,(H,20,24). The zero-order valence-corrected chi connectivity index (χ0v) is 15.1. The number of benzene rings is 1. The van der Waals surface area contributed by atoms with E-state index in [2.05, 4.69) is 20.5 Å². The van der Waals surface area contributed by atoms with Crippen LogP contribution in [-0.4, -0.2) is 31.4 Å². The molecule has 0 unspecified atom stereocenters. The molecule has 0 fully saturated rings. The fraction of sp³-hybridized carbons (Fsp3) is 0.176. The van der Waals surface area contributed by atoms with Crippen molar-refractivity contribution in [1.29, 1.82) is 0 Å². The van der Waals surface area contributed by atoms with E-state index in [-0.39, 0.29) is 11.7 Å². The Labute approximate surface area is 154 Å². The van der Waals surface area contributed by atoms with Gasteiger partial charge in [-0.05, 0) is 43.3 Å². The van der Waals surface area contributed by atoms with Crippen LogP contribution in [-0.2, 0) is 11.3 Å². The summed E-state index contributed by atoms with van der Waals surface area (Å²) in [5.74, 6) is 0.908. The van der Waals surface area contributed by atoms with Crippen molar-refractivity contribution in [2.24, 2.45) is 0 Å². The number of aromatic nitrogens is 4. The molecule has 2 aromatic heterocycles. The van der Waals surface area contributed by atoms with Crippen molar-refractivity contribution in [3.05, 3.63) is 53.8 Å². The summed E-state index contributed by atoms with van der Waals surface area (Å²) in [7, 11) is 0. The molecule has 0 radical (unpaired) electrons. The number of pyridine rings is 1. The summed E-state index contributed by atoms with van der Waals surface area (Å²) in [5.41, 5.74) is 1.66. The number of amides is 1. The minimum absolute atomic E-state index is 0.108. The molecule has 0 aliphatic carbocycles. The van der Waals surface area contributed by atoms with Crippen molar-refractivity contribution in [3.63, 3.8) is 0 Å². The SMILES string of the molecule is CCn1c(SCC(=O)Nc2ccc(Cl)cc2)nnc1-c1ccncc1. The number of hydrogen-bond acceptors (Lipinski definition) is 5. The van der Waals surface area contributed by atoms with E-state index in [1.807, 2.05) is 23.6 Å². The summed E-state index contributed by atoms with van der Waals surface area (Å²) >= 11 is 7.19. The molecule has 0 spiro atoms. The van der Waals surface area contributed by atoms with Gasteiger partial charge in [0, 0.05) is 35.2 Å². The van der Waals surface area contributed by atoms with Gasteiger partial charge in [0.05, 0.1) is 5.75 Å². The minimum Gasteiger partial charge on any atom is -0.325 e. The zero-order valence-electron chi connectivity index (χ0n) is 13.5. The van der Waals surface area contributed by atoms with E-state index in [9.17, 15) is 4.79 Å². The quantitative estimate of drug-likeness (QED) is 0.666. The van der Waals surface area contributed by atoms with Crippen LogP contribution < -0.4 is 5.32 Å². The van der Waals surface area contributed by atoms with Crippen LogP contribution in [0.4, 0.5) is 5.69 Å². The van der Waals surface area contributed by atoms with Gasteiger partial charge in [-0.15, -0.1) is 10.2 Å². The lowest BCUT2D eigenvalue weighted by Gasteiger charge is -2.08. The Morgan fingerprint density at radius 3 is 2.56 bits per heavy atom. The van der Waals surface area contributed by atoms with Crippen molar-refractivity contribution in [3.8, 4) is 11.4 Å². The molecular formula is C17H16ClN5OS. The molecule has 3 rings (SSSR count). The zero-order chi connectivity index (χ0) is 17.6. The second kappa shape index (κ2) is 8.13. The molecule has 8 heteroatoms. The Balaban J connectivity index is 1.66. The van der Waals surface area contributed by atoms with Gasteiger partial charge in [-0.25, -0.2) is 0 Å². The van der Waals surface area contributed by atoms with E-state index in [1.54, 1.807) is 36.7 Å². The third-order valence-corrected chi connectivity index (χ3v) is 4.65. The predicted octanol–water partition coefficient (Wildman–Crippen LogP) is 3.74. The highest BCUT2D eigenvalue weighted by molar-refractivity contribution is 7.99. The molecule has 25 heavy (non-hydrogen) atoms. The smallest absolute Gasteiger partial charge is 0.234 e. The van der Waals surface area contributed by atoms with Gasteiger partial charge in [0.25, 0.3) is 0 Å². The van der Waals surface area contributed by atoms with E-state index in [4.69, 9.17) is 11.6 Å². The molecule has 2 heterocycles. The van der Waals surface area contributed by atoms with Gasteiger partial charge in [-0.1, -0.05) is 23.4 Å². The average Bonchev–Trinajstić information content (AvgIpc) is 3.05. The Morgan fingerprint density at radius 2 is 1.88 bits per heavy atom. The van der Waals surface area contributed by atoms with E-state index in [0.29, 0.717) is 22.4 Å². The molecular weight excluding hydrogens is 358 g/mol.